The fourth-order valence-electron chi connectivity index (χ4n) is 2.17. The number of aliphatic hydroxyl groups is 1. The summed E-state index contributed by atoms with van der Waals surface area (Å²) in [4.78, 5) is 12.0. The third-order valence-corrected chi connectivity index (χ3v) is 3.32. The van der Waals surface area contributed by atoms with Gasteiger partial charge in [-0.1, -0.05) is 30.3 Å². The Morgan fingerprint density at radius 1 is 1.23 bits per heavy atom. The summed E-state index contributed by atoms with van der Waals surface area (Å²) in [6.07, 6.45) is 0.535. The van der Waals surface area contributed by atoms with Crippen molar-refractivity contribution in [3.05, 3.63) is 65.5 Å². The zero-order valence-corrected chi connectivity index (χ0v) is 12.3. The summed E-state index contributed by atoms with van der Waals surface area (Å²) in [5, 5.41) is 14.8. The highest BCUT2D eigenvalue weighted by molar-refractivity contribution is 5.90. The van der Waals surface area contributed by atoms with Crippen LogP contribution in [0.4, 0.5) is 14.9 Å². The van der Waals surface area contributed by atoms with Crippen LogP contribution >= 0.6 is 0 Å². The highest BCUT2D eigenvalue weighted by Gasteiger charge is 2.13. The second-order valence-corrected chi connectivity index (χ2v) is 5.13. The van der Waals surface area contributed by atoms with Crippen molar-refractivity contribution in [2.75, 3.05) is 11.9 Å². The van der Waals surface area contributed by atoms with E-state index in [4.69, 9.17) is 0 Å². The van der Waals surface area contributed by atoms with Crippen molar-refractivity contribution in [1.29, 1.82) is 0 Å². The standard InChI is InChI=1S/C17H19FN2O2/c1-12-9-14(18)7-8-16(12)20-17(22)19-15(11-21)10-13-5-3-2-4-6-13/h2-9,15,21H,10-11H2,1H3,(H2,19,20,22). The molecule has 0 aromatic heterocycles. The van der Waals surface area contributed by atoms with E-state index >= 15 is 0 Å². The van der Waals surface area contributed by atoms with Crippen LogP contribution in [0.25, 0.3) is 0 Å². The van der Waals surface area contributed by atoms with E-state index in [9.17, 15) is 14.3 Å². The molecule has 0 heterocycles. The maximum Gasteiger partial charge on any atom is 0.319 e. The summed E-state index contributed by atoms with van der Waals surface area (Å²) in [5.74, 6) is -0.347. The van der Waals surface area contributed by atoms with Gasteiger partial charge in [-0.15, -0.1) is 0 Å². The average molecular weight is 302 g/mol. The zero-order valence-electron chi connectivity index (χ0n) is 12.3. The summed E-state index contributed by atoms with van der Waals surface area (Å²) in [6.45, 7) is 1.55. The smallest absolute Gasteiger partial charge is 0.319 e. The lowest BCUT2D eigenvalue weighted by Crippen LogP contribution is -2.41. The summed E-state index contributed by atoms with van der Waals surface area (Å²) in [6, 6.07) is 12.9. The first-order valence-electron chi connectivity index (χ1n) is 7.07. The van der Waals surface area contributed by atoms with Gasteiger partial charge in [0.1, 0.15) is 5.82 Å². The Hall–Kier alpha value is -2.40. The van der Waals surface area contributed by atoms with Gasteiger partial charge < -0.3 is 15.7 Å². The molecular weight excluding hydrogens is 283 g/mol. The summed E-state index contributed by atoms with van der Waals surface area (Å²) < 4.78 is 13.0. The average Bonchev–Trinajstić information content (AvgIpc) is 2.50. The largest absolute Gasteiger partial charge is 0.394 e. The Morgan fingerprint density at radius 2 is 1.95 bits per heavy atom. The van der Waals surface area contributed by atoms with Crippen LogP contribution in [0.1, 0.15) is 11.1 Å². The lowest BCUT2D eigenvalue weighted by Gasteiger charge is -2.17. The fraction of sp³-hybridized carbons (Fsp3) is 0.235. The number of halogens is 1. The van der Waals surface area contributed by atoms with Crippen LogP contribution in [0, 0.1) is 12.7 Å². The number of benzene rings is 2. The van der Waals surface area contributed by atoms with Crippen LogP contribution in [-0.4, -0.2) is 23.8 Å². The molecule has 1 unspecified atom stereocenters. The first-order chi connectivity index (χ1) is 10.6. The Bertz CT molecular complexity index is 632. The molecule has 1 atom stereocenters. The van der Waals surface area contributed by atoms with Gasteiger partial charge >= 0.3 is 6.03 Å². The van der Waals surface area contributed by atoms with Gasteiger partial charge in [0, 0.05) is 5.69 Å². The van der Waals surface area contributed by atoms with Crippen molar-refractivity contribution in [3.8, 4) is 0 Å². The van der Waals surface area contributed by atoms with Crippen LogP contribution in [-0.2, 0) is 6.42 Å². The predicted molar refractivity (Wildman–Crippen MR) is 84.3 cm³/mol. The molecule has 0 radical (unpaired) electrons. The van der Waals surface area contributed by atoms with Gasteiger partial charge in [0.2, 0.25) is 0 Å². The van der Waals surface area contributed by atoms with Crippen LogP contribution in [0.3, 0.4) is 0 Å². The van der Waals surface area contributed by atoms with Crippen molar-refractivity contribution in [3.63, 3.8) is 0 Å². The number of anilines is 1. The van der Waals surface area contributed by atoms with Gasteiger partial charge in [-0.05, 0) is 42.7 Å². The SMILES string of the molecule is Cc1cc(F)ccc1NC(=O)NC(CO)Cc1ccccc1. The first kappa shape index (κ1) is 16.0. The lowest BCUT2D eigenvalue weighted by atomic mass is 10.1. The molecule has 5 heteroatoms. The van der Waals surface area contributed by atoms with Crippen molar-refractivity contribution in [1.82, 2.24) is 5.32 Å². The number of hydrogen-bond acceptors (Lipinski definition) is 2. The van der Waals surface area contributed by atoms with E-state index < -0.39 is 6.03 Å². The third kappa shape index (κ3) is 4.56. The molecule has 22 heavy (non-hydrogen) atoms. The van der Waals surface area contributed by atoms with E-state index in [2.05, 4.69) is 10.6 Å². The van der Waals surface area contributed by atoms with Crippen molar-refractivity contribution < 1.29 is 14.3 Å². The second kappa shape index (κ2) is 7.56. The molecule has 0 aliphatic heterocycles. The molecule has 0 bridgehead atoms. The minimum atomic E-state index is -0.426. The fourth-order valence-corrected chi connectivity index (χ4v) is 2.17. The summed E-state index contributed by atoms with van der Waals surface area (Å²) in [7, 11) is 0. The molecule has 4 nitrogen and oxygen atoms in total. The Labute approximate surface area is 129 Å². The number of carbonyl (C=O) groups excluding carboxylic acids is 1. The molecule has 2 aromatic carbocycles. The Balaban J connectivity index is 1.94. The van der Waals surface area contributed by atoms with Crippen LogP contribution in [0.15, 0.2) is 48.5 Å². The lowest BCUT2D eigenvalue weighted by molar-refractivity contribution is 0.224. The van der Waals surface area contributed by atoms with Gasteiger partial charge in [0.25, 0.3) is 0 Å². The van der Waals surface area contributed by atoms with Crippen molar-refractivity contribution in [2.45, 2.75) is 19.4 Å². The molecule has 2 amide bonds. The predicted octanol–water partition coefficient (Wildman–Crippen LogP) is 2.86. The van der Waals surface area contributed by atoms with Gasteiger partial charge in [-0.2, -0.15) is 0 Å². The molecule has 0 fully saturated rings. The van der Waals surface area contributed by atoms with Crippen LogP contribution in [0.5, 0.6) is 0 Å². The molecule has 0 aliphatic rings. The third-order valence-electron chi connectivity index (χ3n) is 3.32. The van der Waals surface area contributed by atoms with Gasteiger partial charge in [0.15, 0.2) is 0 Å². The number of hydrogen-bond donors (Lipinski definition) is 3. The minimum Gasteiger partial charge on any atom is -0.394 e. The number of rotatable bonds is 5. The second-order valence-electron chi connectivity index (χ2n) is 5.13. The monoisotopic (exact) mass is 302 g/mol. The maximum absolute atomic E-state index is 13.0. The molecule has 3 N–H and O–H groups in total. The number of aliphatic hydroxyl groups excluding tert-OH is 1. The molecule has 116 valence electrons. The molecule has 0 saturated heterocycles. The van der Waals surface area contributed by atoms with E-state index in [1.54, 1.807) is 6.92 Å². The number of nitrogens with one attached hydrogen (secondary N) is 2. The molecule has 0 saturated carbocycles. The molecule has 2 aromatic rings. The van der Waals surface area contributed by atoms with Crippen LogP contribution in [0.2, 0.25) is 0 Å². The Morgan fingerprint density at radius 3 is 2.59 bits per heavy atom. The number of aryl methyl sites for hydroxylation is 1. The highest BCUT2D eigenvalue weighted by Crippen LogP contribution is 2.15. The van der Waals surface area contributed by atoms with Gasteiger partial charge in [0.05, 0.1) is 12.6 Å². The van der Waals surface area contributed by atoms with Gasteiger partial charge in [-0.25, -0.2) is 9.18 Å². The molecular formula is C17H19FN2O2. The number of amides is 2. The normalized spacial score (nSPS) is 11.8. The molecule has 0 aliphatic carbocycles. The van der Waals surface area contributed by atoms with Crippen molar-refractivity contribution in [2.24, 2.45) is 0 Å². The van der Waals surface area contributed by atoms with Gasteiger partial charge in [-0.3, -0.25) is 0 Å². The van der Waals surface area contributed by atoms with E-state index in [0.29, 0.717) is 17.7 Å². The van der Waals surface area contributed by atoms with E-state index in [1.807, 2.05) is 30.3 Å². The van der Waals surface area contributed by atoms with E-state index in [0.717, 1.165) is 5.56 Å². The van der Waals surface area contributed by atoms with E-state index in [-0.39, 0.29) is 18.5 Å². The topological polar surface area (TPSA) is 61.4 Å². The molecule has 2 rings (SSSR count). The maximum atomic E-state index is 13.0. The molecule has 0 spiro atoms. The van der Waals surface area contributed by atoms with E-state index in [1.165, 1.54) is 18.2 Å². The zero-order chi connectivity index (χ0) is 15.9. The quantitative estimate of drug-likeness (QED) is 0.795. The van der Waals surface area contributed by atoms with Crippen LogP contribution < -0.4 is 10.6 Å². The summed E-state index contributed by atoms with van der Waals surface area (Å²) >= 11 is 0. The summed E-state index contributed by atoms with van der Waals surface area (Å²) in [5.41, 5.74) is 2.20. The first-order valence-corrected chi connectivity index (χ1v) is 7.07. The number of carbonyl (C=O) groups is 1. The Kier molecular flexibility index (Phi) is 5.49. The number of urea groups is 1. The highest BCUT2D eigenvalue weighted by atomic mass is 19.1. The van der Waals surface area contributed by atoms with Crippen molar-refractivity contribution >= 4 is 11.7 Å². The minimum absolute atomic E-state index is 0.162.